The van der Waals surface area contributed by atoms with Crippen molar-refractivity contribution in [3.8, 4) is 0 Å². The number of hydrogen-bond acceptors (Lipinski definition) is 4. The lowest BCUT2D eigenvalue weighted by Crippen LogP contribution is -2.15. The van der Waals surface area contributed by atoms with Gasteiger partial charge in [0.25, 0.3) is 0 Å². The smallest absolute Gasteiger partial charge is 0.358 e. The molecule has 0 bridgehead atoms. The highest BCUT2D eigenvalue weighted by atomic mass is 32.1. The van der Waals surface area contributed by atoms with Crippen molar-refractivity contribution in [1.82, 2.24) is 9.36 Å². The summed E-state index contributed by atoms with van der Waals surface area (Å²) >= 11 is 0.746. The van der Waals surface area contributed by atoms with E-state index in [4.69, 9.17) is 0 Å². The van der Waals surface area contributed by atoms with E-state index in [0.717, 1.165) is 30.8 Å². The average molecular weight is 253 g/mol. The molecular formula is C9H14F3N3S. The Bertz CT molecular complexity index is 324. The number of nitrogens with zero attached hydrogens (tertiary/aromatic N) is 2. The van der Waals surface area contributed by atoms with Crippen molar-refractivity contribution >= 4 is 16.7 Å². The topological polar surface area (TPSA) is 37.8 Å². The molecule has 3 nitrogen and oxygen atoms in total. The third-order valence-electron chi connectivity index (χ3n) is 2.04. The minimum absolute atomic E-state index is 0.119. The summed E-state index contributed by atoms with van der Waals surface area (Å²) in [5.74, 6) is -1.07. The maximum atomic E-state index is 12.2. The van der Waals surface area contributed by atoms with Gasteiger partial charge in [-0.05, 0) is 13.3 Å². The molecule has 0 aromatic carbocycles. The second-order valence-corrected chi connectivity index (χ2v) is 4.36. The highest BCUT2D eigenvalue weighted by molar-refractivity contribution is 7.09. The van der Waals surface area contributed by atoms with Crippen LogP contribution in [0.1, 0.15) is 38.9 Å². The summed E-state index contributed by atoms with van der Waals surface area (Å²) in [5.41, 5.74) is 0. The zero-order valence-electron chi connectivity index (χ0n) is 9.14. The van der Waals surface area contributed by atoms with E-state index in [1.165, 1.54) is 0 Å². The molecular weight excluding hydrogens is 239 g/mol. The summed E-state index contributed by atoms with van der Waals surface area (Å²) < 4.78 is 39.8. The van der Waals surface area contributed by atoms with Gasteiger partial charge in [0, 0.05) is 17.6 Å². The molecule has 0 aliphatic heterocycles. The first-order valence-electron chi connectivity index (χ1n) is 5.11. The largest absolute Gasteiger partial charge is 0.452 e. The summed E-state index contributed by atoms with van der Waals surface area (Å²) in [6, 6.07) is 0.119. The molecule has 0 fully saturated rings. The molecule has 1 N–H and O–H groups in total. The highest BCUT2D eigenvalue weighted by Crippen LogP contribution is 2.29. The number of alkyl halides is 3. The van der Waals surface area contributed by atoms with Crippen molar-refractivity contribution in [3.05, 3.63) is 5.82 Å². The van der Waals surface area contributed by atoms with E-state index in [9.17, 15) is 13.2 Å². The molecule has 1 atom stereocenters. The van der Waals surface area contributed by atoms with Crippen LogP contribution in [0.3, 0.4) is 0 Å². The van der Waals surface area contributed by atoms with E-state index in [2.05, 4.69) is 21.6 Å². The third kappa shape index (κ3) is 3.96. The quantitative estimate of drug-likeness (QED) is 0.872. The molecule has 0 saturated carbocycles. The Morgan fingerprint density at radius 3 is 2.62 bits per heavy atom. The summed E-state index contributed by atoms with van der Waals surface area (Å²) in [6.45, 7) is 3.99. The normalized spacial score (nSPS) is 13.8. The fourth-order valence-corrected chi connectivity index (χ4v) is 1.89. The number of halogens is 3. The van der Waals surface area contributed by atoms with Gasteiger partial charge in [-0.25, -0.2) is 0 Å². The monoisotopic (exact) mass is 253 g/mol. The molecule has 0 aliphatic rings. The number of rotatable bonds is 5. The van der Waals surface area contributed by atoms with Crippen molar-refractivity contribution < 1.29 is 13.2 Å². The average Bonchev–Trinajstić information content (AvgIpc) is 2.62. The first-order valence-corrected chi connectivity index (χ1v) is 5.88. The Morgan fingerprint density at radius 1 is 1.44 bits per heavy atom. The van der Waals surface area contributed by atoms with Crippen LogP contribution in [0, 0.1) is 0 Å². The van der Waals surface area contributed by atoms with Gasteiger partial charge in [0.2, 0.25) is 11.0 Å². The molecule has 1 aromatic heterocycles. The molecule has 16 heavy (non-hydrogen) atoms. The zero-order chi connectivity index (χ0) is 12.2. The highest BCUT2D eigenvalue weighted by Gasteiger charge is 2.36. The molecule has 0 radical (unpaired) electrons. The number of hydrogen-bond donors (Lipinski definition) is 1. The predicted octanol–water partition coefficient (Wildman–Crippen LogP) is 3.55. The van der Waals surface area contributed by atoms with Gasteiger partial charge in [0.05, 0.1) is 0 Å². The van der Waals surface area contributed by atoms with Crippen molar-refractivity contribution in [2.24, 2.45) is 0 Å². The predicted molar refractivity (Wildman–Crippen MR) is 57.5 cm³/mol. The van der Waals surface area contributed by atoms with Gasteiger partial charge < -0.3 is 5.32 Å². The van der Waals surface area contributed by atoms with Crippen LogP contribution >= 0.6 is 11.5 Å². The van der Waals surface area contributed by atoms with Gasteiger partial charge in [-0.2, -0.15) is 22.5 Å². The Labute approximate surface area is 96.3 Å². The van der Waals surface area contributed by atoms with Gasteiger partial charge >= 0.3 is 6.18 Å². The number of aromatic nitrogens is 2. The zero-order valence-corrected chi connectivity index (χ0v) is 9.95. The fourth-order valence-electron chi connectivity index (χ4n) is 1.19. The molecule has 1 unspecified atom stereocenters. The van der Waals surface area contributed by atoms with Crippen LogP contribution in [0.4, 0.5) is 18.3 Å². The van der Waals surface area contributed by atoms with Crippen molar-refractivity contribution in [2.45, 2.75) is 45.3 Å². The van der Waals surface area contributed by atoms with E-state index < -0.39 is 12.0 Å². The van der Waals surface area contributed by atoms with Gasteiger partial charge in [-0.3, -0.25) is 0 Å². The Kier molecular flexibility index (Phi) is 4.52. The maximum absolute atomic E-state index is 12.2. The first-order chi connectivity index (χ1) is 7.43. The first kappa shape index (κ1) is 13.2. The van der Waals surface area contributed by atoms with Crippen molar-refractivity contribution in [2.75, 3.05) is 5.32 Å². The Balaban J connectivity index is 2.52. The number of nitrogens with one attached hydrogen (secondary N) is 1. The van der Waals surface area contributed by atoms with Crippen LogP contribution < -0.4 is 5.32 Å². The van der Waals surface area contributed by atoms with E-state index in [0.29, 0.717) is 0 Å². The molecule has 0 amide bonds. The Morgan fingerprint density at radius 2 is 2.12 bits per heavy atom. The standard InChI is InChI=1S/C9H14F3N3S/c1-3-4-5-6(2)13-8-14-7(15-16-8)9(10,11)12/h6H,3-5H2,1-2H3,(H,13,14,15). The molecule has 0 saturated heterocycles. The molecule has 7 heteroatoms. The van der Waals surface area contributed by atoms with Gasteiger partial charge in [0.15, 0.2) is 0 Å². The maximum Gasteiger partial charge on any atom is 0.452 e. The molecule has 92 valence electrons. The summed E-state index contributed by atoms with van der Waals surface area (Å²) in [6.07, 6.45) is -1.43. The molecule has 1 rings (SSSR count). The Hall–Kier alpha value is -0.850. The lowest BCUT2D eigenvalue weighted by atomic mass is 10.1. The molecule has 1 heterocycles. The van der Waals surface area contributed by atoms with Crippen LogP contribution in [0.2, 0.25) is 0 Å². The second kappa shape index (κ2) is 5.47. The fraction of sp³-hybridized carbons (Fsp3) is 0.778. The van der Waals surface area contributed by atoms with E-state index in [1.807, 2.05) is 6.92 Å². The van der Waals surface area contributed by atoms with Crippen LogP contribution in [-0.2, 0) is 6.18 Å². The van der Waals surface area contributed by atoms with E-state index in [1.54, 1.807) is 0 Å². The van der Waals surface area contributed by atoms with Gasteiger partial charge in [-0.1, -0.05) is 19.8 Å². The van der Waals surface area contributed by atoms with Crippen LogP contribution in [0.15, 0.2) is 0 Å². The number of anilines is 1. The lowest BCUT2D eigenvalue weighted by Gasteiger charge is -2.11. The molecule has 0 aliphatic carbocycles. The number of unbranched alkanes of at least 4 members (excludes halogenated alkanes) is 1. The van der Waals surface area contributed by atoms with Crippen LogP contribution in [-0.4, -0.2) is 15.4 Å². The summed E-state index contributed by atoms with van der Waals surface area (Å²) in [5, 5.41) is 3.15. The van der Waals surface area contributed by atoms with Crippen molar-refractivity contribution in [3.63, 3.8) is 0 Å². The van der Waals surface area contributed by atoms with E-state index >= 15 is 0 Å². The third-order valence-corrected chi connectivity index (χ3v) is 2.69. The second-order valence-electron chi connectivity index (χ2n) is 3.61. The minimum atomic E-state index is -4.46. The minimum Gasteiger partial charge on any atom is -0.358 e. The van der Waals surface area contributed by atoms with Crippen molar-refractivity contribution in [1.29, 1.82) is 0 Å². The molecule has 0 spiro atoms. The van der Waals surface area contributed by atoms with E-state index in [-0.39, 0.29) is 11.2 Å². The van der Waals surface area contributed by atoms with Gasteiger partial charge in [-0.15, -0.1) is 0 Å². The summed E-state index contributed by atoms with van der Waals surface area (Å²) in [4.78, 5) is 3.40. The SMILES string of the molecule is CCCCC(C)Nc1nc(C(F)(F)F)ns1. The summed E-state index contributed by atoms with van der Waals surface area (Å²) in [7, 11) is 0. The van der Waals surface area contributed by atoms with Gasteiger partial charge in [0.1, 0.15) is 0 Å². The lowest BCUT2D eigenvalue weighted by molar-refractivity contribution is -0.144. The molecule has 1 aromatic rings. The van der Waals surface area contributed by atoms with Crippen LogP contribution in [0.5, 0.6) is 0 Å². The van der Waals surface area contributed by atoms with Crippen LogP contribution in [0.25, 0.3) is 0 Å².